The largest absolute Gasteiger partial charge is 0.284 e. The maximum atomic E-state index is 5.84. The van der Waals surface area contributed by atoms with Crippen molar-refractivity contribution in [3.8, 4) is 0 Å². The molecule has 0 spiro atoms. The number of fused-ring (bicyclic) bond motifs is 1. The average Bonchev–Trinajstić information content (AvgIpc) is 2.36. The lowest BCUT2D eigenvalue weighted by atomic mass is 10.4. The molecule has 2 aliphatic heterocycles. The third-order valence-electron chi connectivity index (χ3n) is 1.52. The minimum absolute atomic E-state index is 0.663. The zero-order valence-corrected chi connectivity index (χ0v) is 7.88. The maximum Gasteiger partial charge on any atom is 0.250 e. The lowest BCUT2D eigenvalue weighted by molar-refractivity contribution is 0.596. The number of halogens is 2. The van der Waals surface area contributed by atoms with Gasteiger partial charge in [-0.05, 0) is 0 Å². The fourth-order valence-electron chi connectivity index (χ4n) is 0.966. The van der Waals surface area contributed by atoms with Gasteiger partial charge < -0.3 is 0 Å². The first-order valence-corrected chi connectivity index (χ1v) is 4.17. The smallest absolute Gasteiger partial charge is 0.250 e. The molecule has 5 heteroatoms. The van der Waals surface area contributed by atoms with E-state index in [1.54, 1.807) is 10.3 Å². The summed E-state index contributed by atoms with van der Waals surface area (Å²) in [7, 11) is 0. The summed E-state index contributed by atoms with van der Waals surface area (Å²) in [5, 5.41) is 0.663. The lowest BCUT2D eigenvalue weighted by Crippen LogP contribution is -2.31. The van der Waals surface area contributed by atoms with Gasteiger partial charge in [-0.15, -0.1) is 0 Å². The number of aliphatic imine (C=N–C) groups is 1. The summed E-state index contributed by atoms with van der Waals surface area (Å²) in [5.74, 6) is 0. The van der Waals surface area contributed by atoms with E-state index in [0.29, 0.717) is 5.16 Å². The molecule has 0 aromatic rings. The third kappa shape index (κ3) is 1.21. The van der Waals surface area contributed by atoms with E-state index in [1.165, 1.54) is 0 Å². The second-order valence-corrected chi connectivity index (χ2v) is 3.51. The van der Waals surface area contributed by atoms with E-state index in [4.69, 9.17) is 11.6 Å². The third-order valence-corrected chi connectivity index (χ3v) is 2.66. The predicted octanol–water partition coefficient (Wildman–Crippen LogP) is 1.67. The summed E-state index contributed by atoms with van der Waals surface area (Å²) in [6.07, 6.45) is 5.36. The van der Waals surface area contributed by atoms with Crippen LogP contribution in [0.2, 0.25) is 0 Å². The molecule has 11 heavy (non-hydrogen) atoms. The second-order valence-electron chi connectivity index (χ2n) is 2.26. The average molecular weight is 234 g/mol. The van der Waals surface area contributed by atoms with Gasteiger partial charge in [-0.3, -0.25) is 3.93 Å². The summed E-state index contributed by atoms with van der Waals surface area (Å²) in [4.78, 5) is 5.89. The molecule has 2 heterocycles. The van der Waals surface area contributed by atoms with Crippen molar-refractivity contribution >= 4 is 34.1 Å². The van der Waals surface area contributed by atoms with Crippen LogP contribution in [0.1, 0.15) is 0 Å². The van der Waals surface area contributed by atoms with Crippen molar-refractivity contribution in [2.45, 2.75) is 0 Å². The normalized spacial score (nSPS) is 23.3. The van der Waals surface area contributed by atoms with Crippen LogP contribution >= 0.6 is 27.7 Å². The Kier molecular flexibility index (Phi) is 1.75. The number of rotatable bonds is 0. The molecule has 0 aromatic heterocycles. The highest BCUT2D eigenvalue weighted by Crippen LogP contribution is 2.24. The molecule has 2 aliphatic rings. The van der Waals surface area contributed by atoms with E-state index in [-0.39, 0.29) is 0 Å². The van der Waals surface area contributed by atoms with Gasteiger partial charge in [0, 0.05) is 0 Å². The number of nitrogens with zero attached hydrogens (tertiary/aromatic N) is 3. The molecule has 0 unspecified atom stereocenters. The number of hydrogen-bond donors (Lipinski definition) is 0. The van der Waals surface area contributed by atoms with Crippen LogP contribution in [0.3, 0.4) is 0 Å². The van der Waals surface area contributed by atoms with Crippen LogP contribution in [0.5, 0.6) is 0 Å². The maximum absolute atomic E-state index is 5.84. The zero-order valence-electron chi connectivity index (χ0n) is 5.54. The molecule has 2 rings (SSSR count). The lowest BCUT2D eigenvalue weighted by Gasteiger charge is -2.17. The summed E-state index contributed by atoms with van der Waals surface area (Å²) in [6.45, 7) is 0.745. The van der Waals surface area contributed by atoms with Crippen molar-refractivity contribution in [3.05, 3.63) is 23.3 Å². The van der Waals surface area contributed by atoms with E-state index in [0.717, 1.165) is 12.2 Å². The van der Waals surface area contributed by atoms with Crippen molar-refractivity contribution < 1.29 is 0 Å². The SMILES string of the molecule is ClC1=C[N+]2C=NC=C2CN1Br. The molecule has 0 fully saturated rings. The Balaban J connectivity index is 2.32. The summed E-state index contributed by atoms with van der Waals surface area (Å²) in [6, 6.07) is 0. The molecular formula is C6H5BrClN3+. The van der Waals surface area contributed by atoms with Gasteiger partial charge in [0.25, 0.3) is 0 Å². The molecule has 0 atom stereocenters. The Labute approximate surface area is 78.0 Å². The highest BCUT2D eigenvalue weighted by molar-refractivity contribution is 9.07. The highest BCUT2D eigenvalue weighted by Gasteiger charge is 2.31. The Hall–Kier alpha value is -0.320. The summed E-state index contributed by atoms with van der Waals surface area (Å²) in [5.41, 5.74) is 1.12. The molecule has 0 saturated heterocycles. The topological polar surface area (TPSA) is 21.5 Å². The monoisotopic (exact) mass is 233 g/mol. The molecule has 0 saturated carbocycles. The van der Waals surface area contributed by atoms with E-state index in [2.05, 4.69) is 21.1 Å². The van der Waals surface area contributed by atoms with E-state index in [9.17, 15) is 0 Å². The molecule has 0 aromatic carbocycles. The fraction of sp³-hybridized carbons (Fsp3) is 0.167. The van der Waals surface area contributed by atoms with Crippen molar-refractivity contribution in [2.75, 3.05) is 6.54 Å². The van der Waals surface area contributed by atoms with Crippen molar-refractivity contribution in [3.63, 3.8) is 0 Å². The van der Waals surface area contributed by atoms with Gasteiger partial charge in [0.1, 0.15) is 6.54 Å². The number of hydrogen-bond acceptors (Lipinski definition) is 3. The summed E-state index contributed by atoms with van der Waals surface area (Å²) >= 11 is 9.14. The molecule has 0 bridgehead atoms. The summed E-state index contributed by atoms with van der Waals surface area (Å²) < 4.78 is 1.78. The first-order valence-electron chi connectivity index (χ1n) is 3.09. The van der Waals surface area contributed by atoms with Gasteiger partial charge in [-0.25, -0.2) is 4.99 Å². The van der Waals surface area contributed by atoms with Crippen LogP contribution in [0.25, 0.3) is 0 Å². The van der Waals surface area contributed by atoms with Gasteiger partial charge in [0.2, 0.25) is 12.0 Å². The van der Waals surface area contributed by atoms with Crippen LogP contribution in [0.15, 0.2) is 28.2 Å². The fourth-order valence-corrected chi connectivity index (χ4v) is 1.48. The Morgan fingerprint density at radius 2 is 2.55 bits per heavy atom. The predicted molar refractivity (Wildman–Crippen MR) is 48.3 cm³/mol. The van der Waals surface area contributed by atoms with Crippen molar-refractivity contribution in [1.29, 1.82) is 0 Å². The first-order chi connectivity index (χ1) is 5.27. The van der Waals surface area contributed by atoms with E-state index >= 15 is 0 Å². The Morgan fingerprint density at radius 3 is 3.36 bits per heavy atom. The van der Waals surface area contributed by atoms with E-state index in [1.807, 2.05) is 17.3 Å². The zero-order chi connectivity index (χ0) is 7.84. The Bertz CT molecular complexity index is 271. The van der Waals surface area contributed by atoms with Crippen LogP contribution in [-0.2, 0) is 0 Å². The van der Waals surface area contributed by atoms with Gasteiger partial charge >= 0.3 is 0 Å². The quantitative estimate of drug-likeness (QED) is 0.355. The molecule has 1 radical (unpaired) electrons. The minimum atomic E-state index is 0.663. The molecule has 0 amide bonds. The van der Waals surface area contributed by atoms with Gasteiger partial charge in [-0.2, -0.15) is 0 Å². The Morgan fingerprint density at radius 1 is 1.73 bits per heavy atom. The standard InChI is InChI=1S/C6H5BrClN3/c7-11-2-5-1-9-4-10(5)3-6(11)8/h1,3-4H,2H2/q+1. The van der Waals surface area contributed by atoms with Gasteiger partial charge in [-0.1, -0.05) is 16.5 Å². The van der Waals surface area contributed by atoms with Crippen LogP contribution < -0.4 is 4.90 Å². The van der Waals surface area contributed by atoms with Crippen LogP contribution in [0, 0.1) is 0 Å². The van der Waals surface area contributed by atoms with Gasteiger partial charge in [0.15, 0.2) is 11.4 Å². The minimum Gasteiger partial charge on any atom is -0.284 e. The molecule has 0 N–H and O–H groups in total. The van der Waals surface area contributed by atoms with E-state index < -0.39 is 0 Å². The highest BCUT2D eigenvalue weighted by atomic mass is 79.9. The second kappa shape index (κ2) is 2.62. The molecule has 3 nitrogen and oxygen atoms in total. The first kappa shape index (κ1) is 7.34. The van der Waals surface area contributed by atoms with Crippen LogP contribution in [0.4, 0.5) is 0 Å². The molecular weight excluding hydrogens is 229 g/mol. The van der Waals surface area contributed by atoms with Crippen molar-refractivity contribution in [2.24, 2.45) is 4.99 Å². The van der Waals surface area contributed by atoms with Gasteiger partial charge in [0.05, 0.1) is 22.3 Å². The molecule has 0 aliphatic carbocycles. The molecule has 57 valence electrons. The van der Waals surface area contributed by atoms with Crippen LogP contribution in [-0.4, -0.2) is 16.8 Å². The van der Waals surface area contributed by atoms with Crippen molar-refractivity contribution in [1.82, 2.24) is 8.83 Å².